The second kappa shape index (κ2) is 6.70. The monoisotopic (exact) mass is 271 g/mol. The van der Waals surface area contributed by atoms with E-state index in [0.717, 1.165) is 6.42 Å². The van der Waals surface area contributed by atoms with E-state index in [0.29, 0.717) is 24.7 Å². The van der Waals surface area contributed by atoms with E-state index in [-0.39, 0.29) is 5.03 Å². The summed E-state index contributed by atoms with van der Waals surface area (Å²) in [5, 5.41) is 3.07. The molecule has 1 atom stereocenters. The van der Waals surface area contributed by atoms with Crippen LogP contribution in [0, 0.1) is 5.92 Å². The Morgan fingerprint density at radius 3 is 2.72 bits per heavy atom. The lowest BCUT2D eigenvalue weighted by Crippen LogP contribution is -2.29. The summed E-state index contributed by atoms with van der Waals surface area (Å²) < 4.78 is 26.9. The molecule has 0 saturated heterocycles. The van der Waals surface area contributed by atoms with Crippen molar-refractivity contribution in [2.45, 2.75) is 32.2 Å². The van der Waals surface area contributed by atoms with Gasteiger partial charge in [0.1, 0.15) is 0 Å². The van der Waals surface area contributed by atoms with Gasteiger partial charge in [0.15, 0.2) is 5.03 Å². The SMILES string of the molecule is CCNc1cccnc1S(=O)(=O)NCC(C)CC. The van der Waals surface area contributed by atoms with Crippen LogP contribution in [0.25, 0.3) is 0 Å². The molecular weight excluding hydrogens is 250 g/mol. The van der Waals surface area contributed by atoms with Crippen molar-refractivity contribution in [3.8, 4) is 0 Å². The molecule has 2 N–H and O–H groups in total. The normalized spacial score (nSPS) is 13.3. The maximum absolute atomic E-state index is 12.1. The number of pyridine rings is 1. The summed E-state index contributed by atoms with van der Waals surface area (Å²) in [6.07, 6.45) is 2.42. The van der Waals surface area contributed by atoms with Crippen LogP contribution in [-0.2, 0) is 10.0 Å². The van der Waals surface area contributed by atoms with Crippen molar-refractivity contribution in [1.82, 2.24) is 9.71 Å². The molecule has 1 unspecified atom stereocenters. The van der Waals surface area contributed by atoms with E-state index < -0.39 is 10.0 Å². The lowest BCUT2D eigenvalue weighted by atomic mass is 10.1. The first-order valence-corrected chi connectivity index (χ1v) is 7.68. The largest absolute Gasteiger partial charge is 0.383 e. The molecule has 0 bridgehead atoms. The molecule has 5 nitrogen and oxygen atoms in total. The summed E-state index contributed by atoms with van der Waals surface area (Å²) in [6, 6.07) is 3.43. The average Bonchev–Trinajstić information content (AvgIpc) is 2.37. The van der Waals surface area contributed by atoms with Gasteiger partial charge in [0, 0.05) is 19.3 Å². The number of aromatic nitrogens is 1. The highest BCUT2D eigenvalue weighted by Gasteiger charge is 2.19. The standard InChI is InChI=1S/C12H21N3O2S/c1-4-10(3)9-15-18(16,17)12-11(13-5-2)7-6-8-14-12/h6-8,10,13,15H,4-5,9H2,1-3H3. The molecule has 0 spiro atoms. The fourth-order valence-electron chi connectivity index (χ4n) is 1.39. The van der Waals surface area contributed by atoms with E-state index >= 15 is 0 Å². The highest BCUT2D eigenvalue weighted by molar-refractivity contribution is 7.89. The summed E-state index contributed by atoms with van der Waals surface area (Å²) in [7, 11) is -3.54. The molecular formula is C12H21N3O2S. The van der Waals surface area contributed by atoms with Crippen LogP contribution in [0.2, 0.25) is 0 Å². The van der Waals surface area contributed by atoms with Crippen molar-refractivity contribution in [1.29, 1.82) is 0 Å². The molecule has 0 amide bonds. The third kappa shape index (κ3) is 3.96. The second-order valence-electron chi connectivity index (χ2n) is 4.25. The Kier molecular flexibility index (Phi) is 5.55. The minimum atomic E-state index is -3.54. The second-order valence-corrected chi connectivity index (χ2v) is 5.93. The fraction of sp³-hybridized carbons (Fsp3) is 0.583. The molecule has 0 radical (unpaired) electrons. The summed E-state index contributed by atoms with van der Waals surface area (Å²) in [6.45, 7) is 7.03. The maximum atomic E-state index is 12.1. The van der Waals surface area contributed by atoms with E-state index in [4.69, 9.17) is 0 Å². The number of nitrogens with one attached hydrogen (secondary N) is 2. The highest BCUT2D eigenvalue weighted by atomic mass is 32.2. The van der Waals surface area contributed by atoms with E-state index in [1.807, 2.05) is 20.8 Å². The molecule has 0 aliphatic carbocycles. The molecule has 102 valence electrons. The quantitative estimate of drug-likeness (QED) is 0.794. The third-order valence-electron chi connectivity index (χ3n) is 2.71. The highest BCUT2D eigenvalue weighted by Crippen LogP contribution is 2.17. The van der Waals surface area contributed by atoms with Crippen molar-refractivity contribution in [3.05, 3.63) is 18.3 Å². The van der Waals surface area contributed by atoms with Gasteiger partial charge in [-0.2, -0.15) is 0 Å². The number of sulfonamides is 1. The summed E-state index contributed by atoms with van der Waals surface area (Å²) in [4.78, 5) is 3.96. The zero-order chi connectivity index (χ0) is 13.6. The Hall–Kier alpha value is -1.14. The van der Waals surface area contributed by atoms with Gasteiger partial charge in [-0.1, -0.05) is 20.3 Å². The van der Waals surface area contributed by atoms with Gasteiger partial charge in [0.05, 0.1) is 5.69 Å². The van der Waals surface area contributed by atoms with Crippen LogP contribution in [0.5, 0.6) is 0 Å². The Labute approximate surface area is 109 Å². The number of anilines is 1. The minimum Gasteiger partial charge on any atom is -0.383 e. The van der Waals surface area contributed by atoms with Gasteiger partial charge >= 0.3 is 0 Å². The van der Waals surface area contributed by atoms with Crippen LogP contribution in [-0.4, -0.2) is 26.5 Å². The molecule has 1 aromatic rings. The van der Waals surface area contributed by atoms with Crippen molar-refractivity contribution < 1.29 is 8.42 Å². The van der Waals surface area contributed by atoms with Gasteiger partial charge < -0.3 is 5.32 Å². The van der Waals surface area contributed by atoms with Crippen LogP contribution in [0.4, 0.5) is 5.69 Å². The van der Waals surface area contributed by atoms with Crippen molar-refractivity contribution in [2.75, 3.05) is 18.4 Å². The predicted molar refractivity (Wildman–Crippen MR) is 73.0 cm³/mol. The molecule has 18 heavy (non-hydrogen) atoms. The number of nitrogens with zero attached hydrogens (tertiary/aromatic N) is 1. The van der Waals surface area contributed by atoms with Crippen LogP contribution >= 0.6 is 0 Å². The van der Waals surface area contributed by atoms with Crippen LogP contribution < -0.4 is 10.0 Å². The molecule has 1 heterocycles. The molecule has 0 saturated carbocycles. The van der Waals surface area contributed by atoms with Gasteiger partial charge in [0.25, 0.3) is 10.0 Å². The van der Waals surface area contributed by atoms with Crippen LogP contribution in [0.3, 0.4) is 0 Å². The first-order chi connectivity index (χ1) is 8.51. The number of rotatable bonds is 7. The Balaban J connectivity index is 2.90. The molecule has 1 rings (SSSR count). The molecule has 0 aliphatic heterocycles. The van der Waals surface area contributed by atoms with E-state index in [2.05, 4.69) is 15.0 Å². The molecule has 0 aromatic carbocycles. The number of hydrogen-bond acceptors (Lipinski definition) is 4. The van der Waals surface area contributed by atoms with Gasteiger partial charge in [-0.15, -0.1) is 0 Å². The topological polar surface area (TPSA) is 71.1 Å². The van der Waals surface area contributed by atoms with Gasteiger partial charge in [-0.25, -0.2) is 18.1 Å². The van der Waals surface area contributed by atoms with Gasteiger partial charge in [0.2, 0.25) is 0 Å². The van der Waals surface area contributed by atoms with Crippen LogP contribution in [0.1, 0.15) is 27.2 Å². The average molecular weight is 271 g/mol. The summed E-state index contributed by atoms with van der Waals surface area (Å²) in [5.74, 6) is 0.311. The fourth-order valence-corrected chi connectivity index (χ4v) is 2.66. The zero-order valence-corrected chi connectivity index (χ0v) is 11.9. The molecule has 0 aliphatic rings. The summed E-state index contributed by atoms with van der Waals surface area (Å²) >= 11 is 0. The van der Waals surface area contributed by atoms with E-state index in [1.165, 1.54) is 6.20 Å². The van der Waals surface area contributed by atoms with E-state index in [9.17, 15) is 8.42 Å². The van der Waals surface area contributed by atoms with Crippen molar-refractivity contribution in [3.63, 3.8) is 0 Å². The van der Waals surface area contributed by atoms with Crippen molar-refractivity contribution >= 4 is 15.7 Å². The van der Waals surface area contributed by atoms with Gasteiger partial charge in [-0.3, -0.25) is 0 Å². The van der Waals surface area contributed by atoms with Gasteiger partial charge in [-0.05, 0) is 25.0 Å². The third-order valence-corrected chi connectivity index (χ3v) is 4.09. The lowest BCUT2D eigenvalue weighted by Gasteiger charge is -2.13. The Morgan fingerprint density at radius 1 is 1.39 bits per heavy atom. The first-order valence-electron chi connectivity index (χ1n) is 6.19. The molecule has 0 fully saturated rings. The predicted octanol–water partition coefficient (Wildman–Crippen LogP) is 1.84. The van der Waals surface area contributed by atoms with Crippen LogP contribution in [0.15, 0.2) is 23.4 Å². The smallest absolute Gasteiger partial charge is 0.260 e. The Bertz CT molecular complexity index is 474. The minimum absolute atomic E-state index is 0.0650. The molecule has 1 aromatic heterocycles. The van der Waals surface area contributed by atoms with Crippen molar-refractivity contribution in [2.24, 2.45) is 5.92 Å². The number of hydrogen-bond donors (Lipinski definition) is 2. The molecule has 6 heteroatoms. The zero-order valence-electron chi connectivity index (χ0n) is 11.1. The maximum Gasteiger partial charge on any atom is 0.260 e. The van der Waals surface area contributed by atoms with E-state index in [1.54, 1.807) is 12.1 Å². The summed E-state index contributed by atoms with van der Waals surface area (Å²) in [5.41, 5.74) is 0.539. The first kappa shape index (κ1) is 14.9. The lowest BCUT2D eigenvalue weighted by molar-refractivity contribution is 0.527. The Morgan fingerprint density at radius 2 is 2.11 bits per heavy atom.